The molecule has 0 radical (unpaired) electrons. The molecule has 0 unspecified atom stereocenters. The first-order chi connectivity index (χ1) is 13.9. The second-order valence-corrected chi connectivity index (χ2v) is 6.81. The zero-order valence-electron chi connectivity index (χ0n) is 16.7. The van der Waals surface area contributed by atoms with Crippen LogP contribution < -0.4 is 21.1 Å². The maximum absolute atomic E-state index is 5.98. The van der Waals surface area contributed by atoms with Gasteiger partial charge in [-0.3, -0.25) is 0 Å². The van der Waals surface area contributed by atoms with Gasteiger partial charge in [0.25, 0.3) is 0 Å². The Morgan fingerprint density at radius 1 is 1.07 bits per heavy atom. The monoisotopic (exact) mass is 387 g/mol. The Bertz CT molecular complexity index is 1030. The van der Waals surface area contributed by atoms with Crippen LogP contribution in [0.3, 0.4) is 0 Å². The van der Waals surface area contributed by atoms with Gasteiger partial charge in [0.15, 0.2) is 0 Å². The third-order valence-electron chi connectivity index (χ3n) is 4.27. The van der Waals surface area contributed by atoms with Crippen molar-refractivity contribution in [1.29, 1.82) is 0 Å². The molecule has 1 heterocycles. The van der Waals surface area contributed by atoms with Crippen molar-refractivity contribution in [3.63, 3.8) is 0 Å². The van der Waals surface area contributed by atoms with Crippen molar-refractivity contribution < 1.29 is 4.74 Å². The third kappa shape index (κ3) is 5.59. The summed E-state index contributed by atoms with van der Waals surface area (Å²) >= 11 is 0. The number of nitrogen functional groups attached to an aromatic ring is 1. The van der Waals surface area contributed by atoms with Gasteiger partial charge in [0.05, 0.1) is 0 Å². The zero-order chi connectivity index (χ0) is 20.8. The van der Waals surface area contributed by atoms with Gasteiger partial charge in [0.1, 0.15) is 17.9 Å². The molecular formula is C23H25N5O. The predicted molar refractivity (Wildman–Crippen MR) is 119 cm³/mol. The SMILES string of the molecule is C=C(C)Nc1cc(Oc2ccc(NC(=C)Cc3cccc(N)c3C)cc2)ncn1. The van der Waals surface area contributed by atoms with E-state index in [9.17, 15) is 0 Å². The van der Waals surface area contributed by atoms with Crippen LogP contribution in [0, 0.1) is 6.92 Å². The zero-order valence-corrected chi connectivity index (χ0v) is 16.7. The second kappa shape index (κ2) is 8.93. The molecule has 2 aromatic carbocycles. The van der Waals surface area contributed by atoms with E-state index in [2.05, 4.69) is 39.8 Å². The molecule has 0 aliphatic carbocycles. The van der Waals surface area contributed by atoms with Crippen LogP contribution in [0.25, 0.3) is 0 Å². The fourth-order valence-electron chi connectivity index (χ4n) is 2.78. The van der Waals surface area contributed by atoms with Gasteiger partial charge in [0, 0.05) is 35.3 Å². The fourth-order valence-corrected chi connectivity index (χ4v) is 2.78. The summed E-state index contributed by atoms with van der Waals surface area (Å²) in [5, 5.41) is 6.36. The average molecular weight is 387 g/mol. The summed E-state index contributed by atoms with van der Waals surface area (Å²) in [7, 11) is 0. The third-order valence-corrected chi connectivity index (χ3v) is 4.27. The maximum Gasteiger partial charge on any atom is 0.224 e. The van der Waals surface area contributed by atoms with E-state index in [0.717, 1.165) is 33.9 Å². The smallest absolute Gasteiger partial charge is 0.224 e. The van der Waals surface area contributed by atoms with Gasteiger partial charge in [-0.2, -0.15) is 0 Å². The first-order valence-electron chi connectivity index (χ1n) is 9.22. The number of allylic oxidation sites excluding steroid dienone is 2. The number of hydrogen-bond acceptors (Lipinski definition) is 6. The van der Waals surface area contributed by atoms with Gasteiger partial charge in [-0.15, -0.1) is 0 Å². The lowest BCUT2D eigenvalue weighted by atomic mass is 10.0. The molecule has 0 atom stereocenters. The van der Waals surface area contributed by atoms with Gasteiger partial charge < -0.3 is 21.1 Å². The molecular weight excluding hydrogens is 362 g/mol. The molecule has 0 saturated carbocycles. The Labute approximate surface area is 171 Å². The minimum atomic E-state index is 0.450. The number of nitrogens with zero attached hydrogens (tertiary/aromatic N) is 2. The van der Waals surface area contributed by atoms with Crippen LogP contribution in [0.4, 0.5) is 17.2 Å². The number of hydrogen-bond donors (Lipinski definition) is 3. The highest BCUT2D eigenvalue weighted by Crippen LogP contribution is 2.24. The molecule has 0 aliphatic heterocycles. The van der Waals surface area contributed by atoms with E-state index in [-0.39, 0.29) is 0 Å². The molecule has 0 saturated heterocycles. The van der Waals surface area contributed by atoms with Crippen molar-refractivity contribution in [3.05, 3.63) is 90.5 Å². The standard InChI is InChI=1S/C23H25N5O/c1-15(2)27-22-13-23(26-14-25-22)29-20-10-8-19(9-11-20)28-16(3)12-18-6-5-7-21(24)17(18)4/h5-11,13-14,28H,1,3,12,24H2,2,4H3,(H,25,26,27). The number of nitrogens with two attached hydrogens (primary N) is 1. The topological polar surface area (TPSA) is 85.1 Å². The normalized spacial score (nSPS) is 10.3. The lowest BCUT2D eigenvalue weighted by Gasteiger charge is -2.13. The molecule has 3 rings (SSSR count). The molecule has 6 nitrogen and oxygen atoms in total. The Morgan fingerprint density at radius 3 is 2.55 bits per heavy atom. The number of benzene rings is 2. The van der Waals surface area contributed by atoms with Crippen LogP contribution in [-0.4, -0.2) is 9.97 Å². The minimum absolute atomic E-state index is 0.450. The molecule has 0 aliphatic rings. The van der Waals surface area contributed by atoms with E-state index in [1.807, 2.05) is 50.2 Å². The molecule has 0 amide bonds. The Kier molecular flexibility index (Phi) is 6.14. The summed E-state index contributed by atoms with van der Waals surface area (Å²) in [4.78, 5) is 8.26. The van der Waals surface area contributed by atoms with Gasteiger partial charge >= 0.3 is 0 Å². The highest BCUT2D eigenvalue weighted by atomic mass is 16.5. The second-order valence-electron chi connectivity index (χ2n) is 6.81. The number of nitrogens with one attached hydrogen (secondary N) is 2. The summed E-state index contributed by atoms with van der Waals surface area (Å²) in [6.07, 6.45) is 2.15. The van der Waals surface area contributed by atoms with E-state index >= 15 is 0 Å². The van der Waals surface area contributed by atoms with Crippen LogP contribution in [0.2, 0.25) is 0 Å². The number of anilines is 3. The number of aromatic nitrogens is 2. The van der Waals surface area contributed by atoms with Gasteiger partial charge in [-0.25, -0.2) is 9.97 Å². The molecule has 148 valence electrons. The highest BCUT2D eigenvalue weighted by Gasteiger charge is 2.05. The van der Waals surface area contributed by atoms with E-state index in [1.54, 1.807) is 6.07 Å². The molecule has 4 N–H and O–H groups in total. The number of rotatable bonds is 8. The fraction of sp³-hybridized carbons (Fsp3) is 0.130. The van der Waals surface area contributed by atoms with E-state index in [4.69, 9.17) is 10.5 Å². The lowest BCUT2D eigenvalue weighted by Crippen LogP contribution is -2.04. The summed E-state index contributed by atoms with van der Waals surface area (Å²) in [6.45, 7) is 11.8. The van der Waals surface area contributed by atoms with Crippen molar-refractivity contribution in [2.45, 2.75) is 20.3 Å². The van der Waals surface area contributed by atoms with E-state index < -0.39 is 0 Å². The van der Waals surface area contributed by atoms with Crippen LogP contribution in [0.1, 0.15) is 18.1 Å². The van der Waals surface area contributed by atoms with Gasteiger partial charge in [-0.1, -0.05) is 25.3 Å². The Morgan fingerprint density at radius 2 is 1.83 bits per heavy atom. The Balaban J connectivity index is 1.61. The first-order valence-corrected chi connectivity index (χ1v) is 9.22. The van der Waals surface area contributed by atoms with Gasteiger partial charge in [-0.05, 0) is 55.3 Å². The molecule has 1 aromatic heterocycles. The number of ether oxygens (including phenoxy) is 1. The van der Waals surface area contributed by atoms with Crippen LogP contribution in [0.5, 0.6) is 11.6 Å². The summed E-state index contributed by atoms with van der Waals surface area (Å²) in [5.41, 5.74) is 11.6. The van der Waals surface area contributed by atoms with Crippen molar-refractivity contribution in [2.75, 3.05) is 16.4 Å². The van der Waals surface area contributed by atoms with E-state index in [0.29, 0.717) is 23.9 Å². The molecule has 0 spiro atoms. The summed E-state index contributed by atoms with van der Waals surface area (Å²) < 4.78 is 5.80. The van der Waals surface area contributed by atoms with E-state index in [1.165, 1.54) is 6.33 Å². The van der Waals surface area contributed by atoms with Crippen LogP contribution in [0.15, 0.2) is 79.4 Å². The van der Waals surface area contributed by atoms with Gasteiger partial charge in [0.2, 0.25) is 5.88 Å². The van der Waals surface area contributed by atoms with Crippen LogP contribution in [-0.2, 0) is 6.42 Å². The Hall–Kier alpha value is -3.80. The predicted octanol–water partition coefficient (Wildman–Crippen LogP) is 5.27. The molecule has 3 aromatic rings. The molecule has 6 heteroatoms. The van der Waals surface area contributed by atoms with Crippen molar-refractivity contribution in [1.82, 2.24) is 9.97 Å². The van der Waals surface area contributed by atoms with Crippen molar-refractivity contribution in [3.8, 4) is 11.6 Å². The summed E-state index contributed by atoms with van der Waals surface area (Å²) in [5.74, 6) is 1.76. The molecule has 0 fully saturated rings. The first kappa shape index (κ1) is 19.9. The minimum Gasteiger partial charge on any atom is -0.439 e. The van der Waals surface area contributed by atoms with Crippen LogP contribution >= 0.6 is 0 Å². The molecule has 0 bridgehead atoms. The largest absolute Gasteiger partial charge is 0.439 e. The average Bonchev–Trinajstić information content (AvgIpc) is 2.67. The lowest BCUT2D eigenvalue weighted by molar-refractivity contribution is 0.462. The van der Waals surface area contributed by atoms with Crippen molar-refractivity contribution >= 4 is 17.2 Å². The maximum atomic E-state index is 5.98. The van der Waals surface area contributed by atoms with Crippen molar-refractivity contribution in [2.24, 2.45) is 0 Å². The quantitative estimate of drug-likeness (QED) is 0.456. The summed E-state index contributed by atoms with van der Waals surface area (Å²) in [6, 6.07) is 15.3. The molecule has 29 heavy (non-hydrogen) atoms. The highest BCUT2D eigenvalue weighted by molar-refractivity contribution is 5.54.